The van der Waals surface area contributed by atoms with E-state index in [0.29, 0.717) is 0 Å². The van der Waals surface area contributed by atoms with Gasteiger partial charge in [0.1, 0.15) is 4.21 Å². The molecule has 1 aromatic rings. The van der Waals surface area contributed by atoms with E-state index in [0.717, 1.165) is 10.2 Å². The summed E-state index contributed by atoms with van der Waals surface area (Å²) in [7, 11) is 3.80. The second kappa shape index (κ2) is 5.08. The molecule has 0 saturated carbocycles. The molecule has 0 amide bonds. The molecule has 1 rings (SSSR count). The van der Waals surface area contributed by atoms with Crippen LogP contribution in [-0.2, 0) is 0 Å². The van der Waals surface area contributed by atoms with Gasteiger partial charge in [-0.15, -0.1) is 11.3 Å². The van der Waals surface area contributed by atoms with E-state index in [1.807, 2.05) is 0 Å². The summed E-state index contributed by atoms with van der Waals surface area (Å²) in [5, 5.41) is 2.05. The summed E-state index contributed by atoms with van der Waals surface area (Å²) in [6.07, 6.45) is 0. The number of rotatable bonds is 3. The van der Waals surface area contributed by atoms with Crippen LogP contribution in [0, 0.1) is 0 Å². The van der Waals surface area contributed by atoms with Crippen molar-refractivity contribution in [2.24, 2.45) is 0 Å². The molecule has 0 aliphatic carbocycles. The van der Waals surface area contributed by atoms with Crippen LogP contribution in [0.5, 0.6) is 5.75 Å². The minimum atomic E-state index is 0.145. The molecule has 0 aliphatic heterocycles. The molecular weight excluding hydrogens is 294 g/mol. The van der Waals surface area contributed by atoms with Crippen LogP contribution in [0.1, 0.15) is 20.8 Å². The van der Waals surface area contributed by atoms with E-state index in [1.54, 1.807) is 30.4 Å². The minimum Gasteiger partial charge on any atom is -0.493 e. The molecule has 0 saturated heterocycles. The van der Waals surface area contributed by atoms with Crippen molar-refractivity contribution in [2.45, 2.75) is 30.5 Å². The van der Waals surface area contributed by atoms with Gasteiger partial charge in [-0.2, -0.15) is 0 Å². The Morgan fingerprint density at radius 1 is 1.47 bits per heavy atom. The van der Waals surface area contributed by atoms with E-state index in [9.17, 15) is 0 Å². The topological polar surface area (TPSA) is 12.5 Å². The number of thiophene rings is 1. The Labute approximate surface area is 108 Å². The SMILES string of the molecule is COc1c(Br)csc1SN(C)C(C)(C)C. The maximum atomic E-state index is 5.35. The molecule has 0 radical (unpaired) electrons. The molecule has 0 bridgehead atoms. The average molecular weight is 310 g/mol. The van der Waals surface area contributed by atoms with Crippen LogP contribution in [0.15, 0.2) is 14.1 Å². The lowest BCUT2D eigenvalue weighted by Crippen LogP contribution is -2.32. The Kier molecular flexibility index (Phi) is 4.52. The van der Waals surface area contributed by atoms with Gasteiger partial charge >= 0.3 is 0 Å². The normalized spacial score (nSPS) is 12.2. The van der Waals surface area contributed by atoms with E-state index in [4.69, 9.17) is 4.74 Å². The maximum absolute atomic E-state index is 5.35. The van der Waals surface area contributed by atoms with Gasteiger partial charge in [0.2, 0.25) is 0 Å². The van der Waals surface area contributed by atoms with Crippen LogP contribution in [0.25, 0.3) is 0 Å². The molecule has 0 atom stereocenters. The minimum absolute atomic E-state index is 0.145. The lowest BCUT2D eigenvalue weighted by atomic mass is 10.1. The predicted molar refractivity (Wildman–Crippen MR) is 71.9 cm³/mol. The molecular formula is C10H16BrNOS2. The zero-order valence-corrected chi connectivity index (χ0v) is 12.8. The van der Waals surface area contributed by atoms with Crippen molar-refractivity contribution < 1.29 is 4.74 Å². The molecule has 86 valence electrons. The largest absolute Gasteiger partial charge is 0.493 e. The Bertz CT molecular complexity index is 333. The molecule has 1 aromatic heterocycles. The van der Waals surface area contributed by atoms with Crippen LogP contribution in [-0.4, -0.2) is 24.0 Å². The zero-order valence-electron chi connectivity index (χ0n) is 9.63. The maximum Gasteiger partial charge on any atom is 0.158 e. The third kappa shape index (κ3) is 3.37. The van der Waals surface area contributed by atoms with Gasteiger partial charge in [0, 0.05) is 10.9 Å². The van der Waals surface area contributed by atoms with Crippen molar-refractivity contribution in [3.63, 3.8) is 0 Å². The Hall–Kier alpha value is 0.290. The fourth-order valence-electron chi connectivity index (χ4n) is 0.815. The van der Waals surface area contributed by atoms with Crippen molar-refractivity contribution >= 4 is 39.2 Å². The van der Waals surface area contributed by atoms with Gasteiger partial charge < -0.3 is 4.74 Å². The van der Waals surface area contributed by atoms with Gasteiger partial charge in [-0.3, -0.25) is 0 Å². The smallest absolute Gasteiger partial charge is 0.158 e. The molecule has 0 aliphatic rings. The molecule has 15 heavy (non-hydrogen) atoms. The molecule has 0 fully saturated rings. The van der Waals surface area contributed by atoms with Gasteiger partial charge in [0.25, 0.3) is 0 Å². The lowest BCUT2D eigenvalue weighted by Gasteiger charge is -2.30. The second-order valence-corrected chi connectivity index (χ2v) is 7.29. The Morgan fingerprint density at radius 3 is 2.53 bits per heavy atom. The molecule has 0 spiro atoms. The quantitative estimate of drug-likeness (QED) is 0.774. The fourth-order valence-corrected chi connectivity index (χ4v) is 3.79. The summed E-state index contributed by atoms with van der Waals surface area (Å²) in [5.41, 5.74) is 0.145. The number of hydrogen-bond acceptors (Lipinski definition) is 4. The monoisotopic (exact) mass is 309 g/mol. The summed E-state index contributed by atoms with van der Waals surface area (Å²) in [6, 6.07) is 0. The first kappa shape index (κ1) is 13.4. The lowest BCUT2D eigenvalue weighted by molar-refractivity contribution is 0.319. The van der Waals surface area contributed by atoms with Crippen molar-refractivity contribution in [3.8, 4) is 5.75 Å². The molecule has 0 aromatic carbocycles. The second-order valence-electron chi connectivity index (χ2n) is 4.16. The average Bonchev–Trinajstić information content (AvgIpc) is 2.45. The van der Waals surface area contributed by atoms with Crippen LogP contribution < -0.4 is 4.74 Å². The number of hydrogen-bond donors (Lipinski definition) is 0. The summed E-state index contributed by atoms with van der Waals surface area (Å²) in [6.45, 7) is 6.57. The number of ether oxygens (including phenoxy) is 1. The Morgan fingerprint density at radius 2 is 2.07 bits per heavy atom. The highest BCUT2D eigenvalue weighted by Gasteiger charge is 2.21. The van der Waals surface area contributed by atoms with Crippen molar-refractivity contribution in [2.75, 3.05) is 14.2 Å². The molecule has 5 heteroatoms. The number of nitrogens with zero attached hydrogens (tertiary/aromatic N) is 1. The van der Waals surface area contributed by atoms with Crippen LogP contribution >= 0.6 is 39.2 Å². The first-order valence-corrected chi connectivity index (χ1v) is 7.03. The van der Waals surface area contributed by atoms with Gasteiger partial charge in [-0.1, -0.05) is 0 Å². The summed E-state index contributed by atoms with van der Waals surface area (Å²) >= 11 is 6.89. The molecule has 1 heterocycles. The third-order valence-electron chi connectivity index (χ3n) is 2.04. The molecule has 0 N–H and O–H groups in total. The van der Waals surface area contributed by atoms with E-state index >= 15 is 0 Å². The summed E-state index contributed by atoms with van der Waals surface area (Å²) < 4.78 is 9.79. The van der Waals surface area contributed by atoms with Crippen LogP contribution in [0.2, 0.25) is 0 Å². The van der Waals surface area contributed by atoms with E-state index < -0.39 is 0 Å². The van der Waals surface area contributed by atoms with E-state index in [-0.39, 0.29) is 5.54 Å². The standard InChI is InChI=1S/C10H16BrNOS2/c1-10(2,3)12(4)15-9-8(13-5)7(11)6-14-9/h6H,1-5H3. The first-order valence-electron chi connectivity index (χ1n) is 4.59. The third-order valence-corrected chi connectivity index (χ3v) is 5.37. The number of methoxy groups -OCH3 is 1. The highest BCUT2D eigenvalue weighted by molar-refractivity contribution is 9.10. The van der Waals surface area contributed by atoms with Crippen molar-refractivity contribution in [1.29, 1.82) is 0 Å². The summed E-state index contributed by atoms with van der Waals surface area (Å²) in [4.78, 5) is 0. The van der Waals surface area contributed by atoms with Crippen LogP contribution in [0.4, 0.5) is 0 Å². The Balaban J connectivity index is 2.81. The van der Waals surface area contributed by atoms with Crippen LogP contribution in [0.3, 0.4) is 0 Å². The van der Waals surface area contributed by atoms with Crippen molar-refractivity contribution in [1.82, 2.24) is 4.31 Å². The predicted octanol–water partition coefficient (Wildman–Crippen LogP) is 4.26. The van der Waals surface area contributed by atoms with Gasteiger partial charge in [0.05, 0.1) is 11.6 Å². The highest BCUT2D eigenvalue weighted by atomic mass is 79.9. The summed E-state index contributed by atoms with van der Waals surface area (Å²) in [5.74, 6) is 0.932. The van der Waals surface area contributed by atoms with E-state index in [1.165, 1.54) is 4.21 Å². The van der Waals surface area contributed by atoms with Crippen molar-refractivity contribution in [3.05, 3.63) is 9.85 Å². The first-order chi connectivity index (χ1) is 6.86. The zero-order chi connectivity index (χ0) is 11.6. The van der Waals surface area contributed by atoms with Gasteiger partial charge in [-0.25, -0.2) is 4.31 Å². The molecule has 0 unspecified atom stereocenters. The molecule has 2 nitrogen and oxygen atoms in total. The highest BCUT2D eigenvalue weighted by Crippen LogP contribution is 2.43. The van der Waals surface area contributed by atoms with Gasteiger partial charge in [-0.05, 0) is 55.7 Å². The van der Waals surface area contributed by atoms with E-state index in [2.05, 4.69) is 53.4 Å². The van der Waals surface area contributed by atoms with Gasteiger partial charge in [0.15, 0.2) is 5.75 Å². The number of halogens is 1. The fraction of sp³-hybridized carbons (Fsp3) is 0.600.